The van der Waals surface area contributed by atoms with Gasteiger partial charge in [0.2, 0.25) is 5.91 Å². The molecule has 0 aromatic heterocycles. The fraction of sp³-hybridized carbons (Fsp3) is 0.500. The van der Waals surface area contributed by atoms with Crippen LogP contribution in [0.4, 0.5) is 5.69 Å². The third-order valence-corrected chi connectivity index (χ3v) is 3.40. The maximum atomic E-state index is 11.9. The van der Waals surface area contributed by atoms with Gasteiger partial charge in [0.05, 0.1) is 7.11 Å². The van der Waals surface area contributed by atoms with Gasteiger partial charge in [0.15, 0.2) is 11.5 Å². The first kappa shape index (κ1) is 13.7. The number of anilines is 1. The molecule has 1 saturated heterocycles. The van der Waals surface area contributed by atoms with Crippen molar-refractivity contribution >= 4 is 11.6 Å². The predicted octanol–water partition coefficient (Wildman–Crippen LogP) is 1.73. The minimum atomic E-state index is -0.00327. The summed E-state index contributed by atoms with van der Waals surface area (Å²) in [5.41, 5.74) is 0.595. The van der Waals surface area contributed by atoms with E-state index in [0.29, 0.717) is 23.8 Å². The second-order valence-electron chi connectivity index (χ2n) is 4.83. The fourth-order valence-corrected chi connectivity index (χ4v) is 2.33. The molecule has 0 unspecified atom stereocenters. The number of aromatic hydroxyl groups is 1. The van der Waals surface area contributed by atoms with E-state index in [-0.39, 0.29) is 11.7 Å². The van der Waals surface area contributed by atoms with Gasteiger partial charge in [-0.2, -0.15) is 0 Å². The normalized spacial score (nSPS) is 16.1. The van der Waals surface area contributed by atoms with Crippen molar-refractivity contribution in [3.05, 3.63) is 18.2 Å². The minimum absolute atomic E-state index is 0.00327. The molecule has 1 heterocycles. The molecule has 19 heavy (non-hydrogen) atoms. The van der Waals surface area contributed by atoms with Crippen molar-refractivity contribution in [1.82, 2.24) is 5.32 Å². The van der Waals surface area contributed by atoms with Crippen LogP contribution in [0.2, 0.25) is 0 Å². The van der Waals surface area contributed by atoms with Crippen LogP contribution in [0, 0.1) is 5.92 Å². The van der Waals surface area contributed by atoms with E-state index in [9.17, 15) is 9.90 Å². The molecule has 1 aromatic rings. The van der Waals surface area contributed by atoms with E-state index in [1.165, 1.54) is 13.2 Å². The highest BCUT2D eigenvalue weighted by Crippen LogP contribution is 2.28. The van der Waals surface area contributed by atoms with E-state index in [0.717, 1.165) is 25.9 Å². The Morgan fingerprint density at radius 1 is 1.47 bits per heavy atom. The third-order valence-electron chi connectivity index (χ3n) is 3.40. The zero-order valence-corrected chi connectivity index (χ0v) is 11.1. The van der Waals surface area contributed by atoms with Gasteiger partial charge in [-0.25, -0.2) is 0 Å². The molecule has 1 fully saturated rings. The molecule has 3 N–H and O–H groups in total. The lowest BCUT2D eigenvalue weighted by molar-refractivity contribution is -0.117. The van der Waals surface area contributed by atoms with Gasteiger partial charge in [0, 0.05) is 18.2 Å². The molecular formula is C14H20N2O3. The fourth-order valence-electron chi connectivity index (χ4n) is 2.33. The van der Waals surface area contributed by atoms with E-state index >= 15 is 0 Å². The van der Waals surface area contributed by atoms with Crippen molar-refractivity contribution in [2.24, 2.45) is 5.92 Å². The number of phenolic OH excluding ortho intramolecular Hbond substituents is 1. The molecule has 0 radical (unpaired) electrons. The Balaban J connectivity index is 1.89. The Morgan fingerprint density at radius 2 is 2.21 bits per heavy atom. The Labute approximate surface area is 113 Å². The number of phenols is 1. The van der Waals surface area contributed by atoms with Gasteiger partial charge >= 0.3 is 0 Å². The molecule has 0 aliphatic carbocycles. The highest BCUT2D eigenvalue weighted by molar-refractivity contribution is 5.91. The lowest BCUT2D eigenvalue weighted by Gasteiger charge is -2.21. The second-order valence-corrected chi connectivity index (χ2v) is 4.83. The number of piperidine rings is 1. The zero-order valence-electron chi connectivity index (χ0n) is 11.1. The molecule has 0 spiro atoms. The van der Waals surface area contributed by atoms with Crippen LogP contribution in [0.5, 0.6) is 11.5 Å². The summed E-state index contributed by atoms with van der Waals surface area (Å²) in [7, 11) is 1.49. The van der Waals surface area contributed by atoms with Crippen LogP contribution >= 0.6 is 0 Å². The van der Waals surface area contributed by atoms with E-state index in [2.05, 4.69) is 10.6 Å². The Hall–Kier alpha value is -1.75. The first-order chi connectivity index (χ1) is 9.19. The van der Waals surface area contributed by atoms with E-state index in [1.807, 2.05) is 0 Å². The molecule has 104 valence electrons. The maximum absolute atomic E-state index is 11.9. The molecule has 1 amide bonds. The van der Waals surface area contributed by atoms with Crippen LogP contribution in [0.1, 0.15) is 19.3 Å². The first-order valence-corrected chi connectivity index (χ1v) is 6.56. The summed E-state index contributed by atoms with van der Waals surface area (Å²) in [5, 5.41) is 15.7. The predicted molar refractivity (Wildman–Crippen MR) is 73.5 cm³/mol. The van der Waals surface area contributed by atoms with Crippen LogP contribution in [0.15, 0.2) is 18.2 Å². The lowest BCUT2D eigenvalue weighted by atomic mass is 9.94. The number of hydrogen-bond donors (Lipinski definition) is 3. The van der Waals surface area contributed by atoms with Gasteiger partial charge in [0.25, 0.3) is 0 Å². The SMILES string of the molecule is COc1ccc(NC(=O)CC2CCNCC2)cc1O. The van der Waals surface area contributed by atoms with Crippen LogP contribution in [0.25, 0.3) is 0 Å². The summed E-state index contributed by atoms with van der Waals surface area (Å²) in [6.45, 7) is 1.97. The number of nitrogens with one attached hydrogen (secondary N) is 2. The van der Waals surface area contributed by atoms with Crippen LogP contribution < -0.4 is 15.4 Å². The Morgan fingerprint density at radius 3 is 2.84 bits per heavy atom. The summed E-state index contributed by atoms with van der Waals surface area (Å²) in [5.74, 6) is 0.878. The molecule has 0 bridgehead atoms. The molecule has 1 aliphatic heterocycles. The molecule has 1 aliphatic rings. The van der Waals surface area contributed by atoms with Crippen LogP contribution in [-0.2, 0) is 4.79 Å². The molecule has 0 atom stereocenters. The van der Waals surface area contributed by atoms with Crippen molar-refractivity contribution < 1.29 is 14.6 Å². The smallest absolute Gasteiger partial charge is 0.224 e. The summed E-state index contributed by atoms with van der Waals surface area (Å²) < 4.78 is 4.96. The van der Waals surface area contributed by atoms with Gasteiger partial charge < -0.3 is 20.5 Å². The van der Waals surface area contributed by atoms with Gasteiger partial charge in [-0.05, 0) is 44.0 Å². The Bertz CT molecular complexity index is 442. The van der Waals surface area contributed by atoms with Gasteiger partial charge in [-0.3, -0.25) is 4.79 Å². The average Bonchev–Trinajstić information content (AvgIpc) is 2.40. The average molecular weight is 264 g/mol. The van der Waals surface area contributed by atoms with Crippen molar-refractivity contribution in [1.29, 1.82) is 0 Å². The lowest BCUT2D eigenvalue weighted by Crippen LogP contribution is -2.30. The van der Waals surface area contributed by atoms with Crippen molar-refractivity contribution in [3.63, 3.8) is 0 Å². The van der Waals surface area contributed by atoms with E-state index in [4.69, 9.17) is 4.74 Å². The Kier molecular flexibility index (Phi) is 4.63. The number of ether oxygens (including phenoxy) is 1. The molecule has 2 rings (SSSR count). The summed E-state index contributed by atoms with van der Waals surface area (Å²) in [6, 6.07) is 4.85. The molecule has 5 heteroatoms. The number of amides is 1. The highest BCUT2D eigenvalue weighted by atomic mass is 16.5. The third kappa shape index (κ3) is 3.86. The van der Waals surface area contributed by atoms with Crippen molar-refractivity contribution in [3.8, 4) is 11.5 Å². The largest absolute Gasteiger partial charge is 0.504 e. The monoisotopic (exact) mass is 264 g/mol. The highest BCUT2D eigenvalue weighted by Gasteiger charge is 2.17. The van der Waals surface area contributed by atoms with Gasteiger partial charge in [-0.1, -0.05) is 0 Å². The molecular weight excluding hydrogens is 244 g/mol. The summed E-state index contributed by atoms with van der Waals surface area (Å²) in [4.78, 5) is 11.9. The number of carbonyl (C=O) groups excluding carboxylic acids is 1. The molecule has 1 aromatic carbocycles. The number of rotatable bonds is 4. The van der Waals surface area contributed by atoms with Gasteiger partial charge in [-0.15, -0.1) is 0 Å². The number of benzene rings is 1. The van der Waals surface area contributed by atoms with Crippen molar-refractivity contribution in [2.75, 3.05) is 25.5 Å². The van der Waals surface area contributed by atoms with E-state index in [1.54, 1.807) is 12.1 Å². The zero-order chi connectivity index (χ0) is 13.7. The molecule has 0 saturated carbocycles. The first-order valence-electron chi connectivity index (χ1n) is 6.56. The number of carbonyl (C=O) groups is 1. The maximum Gasteiger partial charge on any atom is 0.224 e. The summed E-state index contributed by atoms with van der Waals surface area (Å²) in [6.07, 6.45) is 2.62. The number of hydrogen-bond acceptors (Lipinski definition) is 4. The van der Waals surface area contributed by atoms with Gasteiger partial charge in [0.1, 0.15) is 0 Å². The second kappa shape index (κ2) is 6.43. The summed E-state index contributed by atoms with van der Waals surface area (Å²) >= 11 is 0. The van der Waals surface area contributed by atoms with Crippen LogP contribution in [0.3, 0.4) is 0 Å². The van der Waals surface area contributed by atoms with E-state index < -0.39 is 0 Å². The van der Waals surface area contributed by atoms with Crippen molar-refractivity contribution in [2.45, 2.75) is 19.3 Å². The topological polar surface area (TPSA) is 70.6 Å². The standard InChI is InChI=1S/C14H20N2O3/c1-19-13-3-2-11(9-12(13)17)16-14(18)8-10-4-6-15-7-5-10/h2-3,9-10,15,17H,4-8H2,1H3,(H,16,18). The quantitative estimate of drug-likeness (QED) is 0.774. The molecule has 5 nitrogen and oxygen atoms in total. The van der Waals surface area contributed by atoms with Crippen LogP contribution in [-0.4, -0.2) is 31.2 Å². The minimum Gasteiger partial charge on any atom is -0.504 e. The number of methoxy groups -OCH3 is 1.